The average Bonchev–Trinajstić information content (AvgIpc) is 2.35. The molecule has 0 bridgehead atoms. The molecule has 0 heterocycles. The van der Waals surface area contributed by atoms with Gasteiger partial charge in [0.05, 0.1) is 17.5 Å². The van der Waals surface area contributed by atoms with E-state index in [1.807, 2.05) is 13.8 Å². The zero-order valence-corrected chi connectivity index (χ0v) is 13.5. The molecular formula is C14H20N2O5S. The van der Waals surface area contributed by atoms with Gasteiger partial charge in [0.1, 0.15) is 6.04 Å². The van der Waals surface area contributed by atoms with Gasteiger partial charge in [0.25, 0.3) is 5.91 Å². The molecule has 8 heteroatoms. The Hall–Kier alpha value is -2.09. The van der Waals surface area contributed by atoms with Gasteiger partial charge in [0.2, 0.25) is 10.0 Å². The van der Waals surface area contributed by atoms with Crippen LogP contribution in [-0.2, 0) is 14.8 Å². The predicted molar refractivity (Wildman–Crippen MR) is 83.3 cm³/mol. The summed E-state index contributed by atoms with van der Waals surface area (Å²) in [6.45, 7) is 3.70. The number of amides is 1. The maximum atomic E-state index is 12.2. The Morgan fingerprint density at radius 2 is 1.82 bits per heavy atom. The SMILES string of the molecule is CC(C)C[C@@H](NC(=O)c1ccccc1NS(C)(=O)=O)C(=O)O. The van der Waals surface area contributed by atoms with Crippen molar-refractivity contribution in [3.63, 3.8) is 0 Å². The number of para-hydroxylation sites is 1. The molecule has 0 aliphatic carbocycles. The fraction of sp³-hybridized carbons (Fsp3) is 0.429. The minimum Gasteiger partial charge on any atom is -0.480 e. The summed E-state index contributed by atoms with van der Waals surface area (Å²) in [4.78, 5) is 23.4. The minimum atomic E-state index is -3.54. The Bertz CT molecular complexity index is 655. The van der Waals surface area contributed by atoms with Crippen LogP contribution in [0.3, 0.4) is 0 Å². The van der Waals surface area contributed by atoms with Crippen LogP contribution >= 0.6 is 0 Å². The Morgan fingerprint density at radius 3 is 2.32 bits per heavy atom. The van der Waals surface area contributed by atoms with E-state index in [0.717, 1.165) is 6.26 Å². The standard InChI is InChI=1S/C14H20N2O5S/c1-9(2)8-12(14(18)19)15-13(17)10-6-4-5-7-11(10)16-22(3,20)21/h4-7,9,12,16H,8H2,1-3H3,(H,15,17)(H,18,19)/t12-/m1/s1. The monoisotopic (exact) mass is 328 g/mol. The van der Waals surface area contributed by atoms with E-state index in [9.17, 15) is 18.0 Å². The van der Waals surface area contributed by atoms with Gasteiger partial charge in [0, 0.05) is 0 Å². The molecule has 0 aliphatic heterocycles. The van der Waals surface area contributed by atoms with Crippen molar-refractivity contribution in [3.8, 4) is 0 Å². The van der Waals surface area contributed by atoms with Crippen LogP contribution in [0, 0.1) is 5.92 Å². The van der Waals surface area contributed by atoms with Crippen molar-refractivity contribution in [1.29, 1.82) is 0 Å². The number of rotatable bonds is 7. The van der Waals surface area contributed by atoms with Crippen LogP contribution in [0.5, 0.6) is 0 Å². The molecule has 1 aromatic carbocycles. The van der Waals surface area contributed by atoms with Gasteiger partial charge in [-0.05, 0) is 24.5 Å². The van der Waals surface area contributed by atoms with Gasteiger partial charge in [0.15, 0.2) is 0 Å². The lowest BCUT2D eigenvalue weighted by atomic mass is 10.0. The summed E-state index contributed by atoms with van der Waals surface area (Å²) in [7, 11) is -3.54. The second kappa shape index (κ2) is 7.26. The number of anilines is 1. The van der Waals surface area contributed by atoms with Gasteiger partial charge in [-0.25, -0.2) is 13.2 Å². The molecule has 0 fully saturated rings. The number of carboxylic acid groups (broad SMARTS) is 1. The molecule has 1 amide bonds. The highest BCUT2D eigenvalue weighted by Crippen LogP contribution is 2.17. The maximum Gasteiger partial charge on any atom is 0.326 e. The summed E-state index contributed by atoms with van der Waals surface area (Å²) in [5, 5.41) is 11.6. The smallest absolute Gasteiger partial charge is 0.326 e. The highest BCUT2D eigenvalue weighted by Gasteiger charge is 2.23. The van der Waals surface area contributed by atoms with Crippen LogP contribution in [0.4, 0.5) is 5.69 Å². The van der Waals surface area contributed by atoms with E-state index in [2.05, 4.69) is 10.0 Å². The third-order valence-electron chi connectivity index (χ3n) is 2.78. The van der Waals surface area contributed by atoms with E-state index in [-0.39, 0.29) is 23.6 Å². The number of carboxylic acids is 1. The van der Waals surface area contributed by atoms with E-state index >= 15 is 0 Å². The summed E-state index contributed by atoms with van der Waals surface area (Å²) < 4.78 is 24.9. The number of carbonyl (C=O) groups is 2. The largest absolute Gasteiger partial charge is 0.480 e. The van der Waals surface area contributed by atoms with Gasteiger partial charge in [-0.1, -0.05) is 26.0 Å². The third kappa shape index (κ3) is 5.72. The van der Waals surface area contributed by atoms with Gasteiger partial charge in [-0.3, -0.25) is 9.52 Å². The predicted octanol–water partition coefficient (Wildman–Crippen LogP) is 1.29. The molecule has 0 saturated carbocycles. The molecule has 0 radical (unpaired) electrons. The van der Waals surface area contributed by atoms with Crippen molar-refractivity contribution in [1.82, 2.24) is 5.32 Å². The van der Waals surface area contributed by atoms with Gasteiger partial charge in [-0.2, -0.15) is 0 Å². The first-order valence-electron chi connectivity index (χ1n) is 6.70. The third-order valence-corrected chi connectivity index (χ3v) is 3.37. The average molecular weight is 328 g/mol. The summed E-state index contributed by atoms with van der Waals surface area (Å²) >= 11 is 0. The van der Waals surface area contributed by atoms with Crippen LogP contribution in [0.25, 0.3) is 0 Å². The number of nitrogens with one attached hydrogen (secondary N) is 2. The van der Waals surface area contributed by atoms with E-state index < -0.39 is 27.9 Å². The Balaban J connectivity index is 3.00. The molecule has 0 saturated heterocycles. The molecule has 122 valence electrons. The van der Waals surface area contributed by atoms with Crippen LogP contribution in [0.2, 0.25) is 0 Å². The van der Waals surface area contributed by atoms with E-state index in [1.54, 1.807) is 12.1 Å². The quantitative estimate of drug-likeness (QED) is 0.698. The van der Waals surface area contributed by atoms with Crippen molar-refractivity contribution in [2.45, 2.75) is 26.3 Å². The van der Waals surface area contributed by atoms with Gasteiger partial charge in [-0.15, -0.1) is 0 Å². The zero-order valence-electron chi connectivity index (χ0n) is 12.7. The topological polar surface area (TPSA) is 113 Å². The van der Waals surface area contributed by atoms with Crippen molar-refractivity contribution in [2.24, 2.45) is 5.92 Å². The molecule has 7 nitrogen and oxygen atoms in total. The van der Waals surface area contributed by atoms with Crippen LogP contribution < -0.4 is 10.0 Å². The van der Waals surface area contributed by atoms with Gasteiger partial charge >= 0.3 is 5.97 Å². The van der Waals surface area contributed by atoms with E-state index in [1.165, 1.54) is 12.1 Å². The summed E-state index contributed by atoms with van der Waals surface area (Å²) in [5.41, 5.74) is 0.180. The molecule has 1 aromatic rings. The van der Waals surface area contributed by atoms with Crippen LogP contribution in [0.1, 0.15) is 30.6 Å². The van der Waals surface area contributed by atoms with E-state index in [4.69, 9.17) is 5.11 Å². The molecule has 1 rings (SSSR count). The highest BCUT2D eigenvalue weighted by molar-refractivity contribution is 7.92. The Morgan fingerprint density at radius 1 is 1.23 bits per heavy atom. The molecule has 3 N–H and O–H groups in total. The molecule has 1 atom stereocenters. The molecular weight excluding hydrogens is 308 g/mol. The van der Waals surface area contributed by atoms with Crippen LogP contribution in [-0.4, -0.2) is 37.7 Å². The first-order valence-corrected chi connectivity index (χ1v) is 8.59. The van der Waals surface area contributed by atoms with E-state index in [0.29, 0.717) is 0 Å². The second-order valence-electron chi connectivity index (χ2n) is 5.41. The summed E-state index contributed by atoms with van der Waals surface area (Å²) in [6, 6.07) is 4.98. The van der Waals surface area contributed by atoms with Crippen LogP contribution in [0.15, 0.2) is 24.3 Å². The fourth-order valence-electron chi connectivity index (χ4n) is 1.90. The van der Waals surface area contributed by atoms with Crippen molar-refractivity contribution < 1.29 is 23.1 Å². The van der Waals surface area contributed by atoms with Crippen molar-refractivity contribution in [3.05, 3.63) is 29.8 Å². The minimum absolute atomic E-state index is 0.0722. The number of benzene rings is 1. The lowest BCUT2D eigenvalue weighted by molar-refractivity contribution is -0.139. The van der Waals surface area contributed by atoms with Crippen molar-refractivity contribution in [2.75, 3.05) is 11.0 Å². The second-order valence-corrected chi connectivity index (χ2v) is 7.16. The molecule has 0 spiro atoms. The number of hydrogen-bond donors (Lipinski definition) is 3. The Labute approximate surface area is 129 Å². The Kier molecular flexibility index (Phi) is 5.92. The number of aliphatic carboxylic acids is 1. The number of sulfonamides is 1. The molecule has 0 aromatic heterocycles. The lowest BCUT2D eigenvalue weighted by Crippen LogP contribution is -2.41. The first-order chi connectivity index (χ1) is 10.1. The normalized spacial score (nSPS) is 12.7. The highest BCUT2D eigenvalue weighted by atomic mass is 32.2. The fourth-order valence-corrected chi connectivity index (χ4v) is 2.48. The zero-order chi connectivity index (χ0) is 16.9. The molecule has 22 heavy (non-hydrogen) atoms. The summed E-state index contributed by atoms with van der Waals surface area (Å²) in [6.07, 6.45) is 1.25. The lowest BCUT2D eigenvalue weighted by Gasteiger charge is -2.17. The number of hydrogen-bond acceptors (Lipinski definition) is 4. The van der Waals surface area contributed by atoms with Crippen molar-refractivity contribution >= 4 is 27.6 Å². The summed E-state index contributed by atoms with van der Waals surface area (Å²) in [5.74, 6) is -1.68. The first kappa shape index (κ1) is 18.0. The molecule has 0 aliphatic rings. The number of carbonyl (C=O) groups excluding carboxylic acids is 1. The van der Waals surface area contributed by atoms with Gasteiger partial charge < -0.3 is 10.4 Å². The molecule has 0 unspecified atom stereocenters. The maximum absolute atomic E-state index is 12.2.